The number of hydrogen-bond acceptors (Lipinski definition) is 2. The SMILES string of the molecule is CCN(CCCCCC(=O)O)c1c(C)cccc1C. The smallest absolute Gasteiger partial charge is 0.303 e. The first-order valence-corrected chi connectivity index (χ1v) is 7.09. The van der Waals surface area contributed by atoms with Gasteiger partial charge in [0, 0.05) is 25.2 Å². The Bertz CT molecular complexity index is 395. The summed E-state index contributed by atoms with van der Waals surface area (Å²) in [6.45, 7) is 8.46. The number of para-hydroxylation sites is 1. The first-order chi connectivity index (χ1) is 9.06. The summed E-state index contributed by atoms with van der Waals surface area (Å²) in [6.07, 6.45) is 3.10. The van der Waals surface area contributed by atoms with Crippen molar-refractivity contribution in [3.63, 3.8) is 0 Å². The van der Waals surface area contributed by atoms with Gasteiger partial charge in [0.15, 0.2) is 0 Å². The zero-order valence-corrected chi connectivity index (χ0v) is 12.3. The van der Waals surface area contributed by atoms with E-state index in [1.165, 1.54) is 16.8 Å². The summed E-state index contributed by atoms with van der Waals surface area (Å²) in [6, 6.07) is 6.39. The maximum Gasteiger partial charge on any atom is 0.303 e. The molecular formula is C16H25NO2. The van der Waals surface area contributed by atoms with E-state index in [1.54, 1.807) is 0 Å². The third-order valence-corrected chi connectivity index (χ3v) is 3.46. The summed E-state index contributed by atoms with van der Waals surface area (Å²) < 4.78 is 0. The highest BCUT2D eigenvalue weighted by atomic mass is 16.4. The minimum Gasteiger partial charge on any atom is -0.481 e. The lowest BCUT2D eigenvalue weighted by molar-refractivity contribution is -0.137. The summed E-state index contributed by atoms with van der Waals surface area (Å²) >= 11 is 0. The molecule has 0 bridgehead atoms. The van der Waals surface area contributed by atoms with Gasteiger partial charge in [0.25, 0.3) is 0 Å². The molecule has 3 heteroatoms. The molecule has 1 aromatic rings. The van der Waals surface area contributed by atoms with Gasteiger partial charge in [-0.1, -0.05) is 24.6 Å². The van der Waals surface area contributed by atoms with Crippen LogP contribution in [0.25, 0.3) is 0 Å². The molecule has 0 radical (unpaired) electrons. The first-order valence-electron chi connectivity index (χ1n) is 7.09. The molecule has 1 N–H and O–H groups in total. The number of aryl methyl sites for hydroxylation is 2. The molecular weight excluding hydrogens is 238 g/mol. The second-order valence-corrected chi connectivity index (χ2v) is 5.02. The van der Waals surface area contributed by atoms with E-state index in [-0.39, 0.29) is 6.42 Å². The van der Waals surface area contributed by atoms with Gasteiger partial charge in [-0.2, -0.15) is 0 Å². The Morgan fingerprint density at radius 2 is 1.79 bits per heavy atom. The molecule has 0 amide bonds. The van der Waals surface area contributed by atoms with E-state index in [1.807, 2.05) is 0 Å². The van der Waals surface area contributed by atoms with Gasteiger partial charge in [-0.05, 0) is 44.7 Å². The standard InChI is InChI=1S/C16H25NO2/c1-4-17(12-7-5-6-11-15(18)19)16-13(2)9-8-10-14(16)3/h8-10H,4-7,11-12H2,1-3H3,(H,18,19). The van der Waals surface area contributed by atoms with E-state index in [0.29, 0.717) is 0 Å². The summed E-state index contributed by atoms with van der Waals surface area (Å²) in [7, 11) is 0. The Kier molecular flexibility index (Phi) is 6.40. The summed E-state index contributed by atoms with van der Waals surface area (Å²) in [4.78, 5) is 12.8. The number of aliphatic carboxylic acids is 1. The van der Waals surface area contributed by atoms with Gasteiger partial charge in [-0.25, -0.2) is 0 Å². The van der Waals surface area contributed by atoms with Crippen LogP contribution in [0.4, 0.5) is 5.69 Å². The predicted molar refractivity (Wildman–Crippen MR) is 79.9 cm³/mol. The molecule has 0 heterocycles. The van der Waals surface area contributed by atoms with Gasteiger partial charge in [0.05, 0.1) is 0 Å². The van der Waals surface area contributed by atoms with Crippen molar-refractivity contribution >= 4 is 11.7 Å². The molecule has 106 valence electrons. The fourth-order valence-corrected chi connectivity index (χ4v) is 2.49. The molecule has 0 fully saturated rings. The van der Waals surface area contributed by atoms with E-state index in [9.17, 15) is 4.79 Å². The van der Waals surface area contributed by atoms with Crippen molar-refractivity contribution in [2.75, 3.05) is 18.0 Å². The van der Waals surface area contributed by atoms with Gasteiger partial charge in [0.1, 0.15) is 0 Å². The highest BCUT2D eigenvalue weighted by Gasteiger charge is 2.09. The number of unbranched alkanes of at least 4 members (excludes halogenated alkanes) is 2. The van der Waals surface area contributed by atoms with Crippen LogP contribution in [0.3, 0.4) is 0 Å². The predicted octanol–water partition coefficient (Wildman–Crippen LogP) is 3.77. The molecule has 0 aromatic heterocycles. The van der Waals surface area contributed by atoms with Crippen LogP contribution in [-0.2, 0) is 4.79 Å². The molecule has 0 unspecified atom stereocenters. The third kappa shape index (κ3) is 4.93. The normalized spacial score (nSPS) is 10.5. The molecule has 0 saturated carbocycles. The average Bonchev–Trinajstić information content (AvgIpc) is 2.35. The van der Waals surface area contributed by atoms with Crippen molar-refractivity contribution in [3.05, 3.63) is 29.3 Å². The number of rotatable bonds is 8. The quantitative estimate of drug-likeness (QED) is 0.726. The number of carbonyl (C=O) groups is 1. The van der Waals surface area contributed by atoms with E-state index in [2.05, 4.69) is 43.9 Å². The maximum atomic E-state index is 10.5. The molecule has 3 nitrogen and oxygen atoms in total. The minimum atomic E-state index is -0.693. The van der Waals surface area contributed by atoms with Gasteiger partial charge >= 0.3 is 5.97 Å². The van der Waals surface area contributed by atoms with Gasteiger partial charge < -0.3 is 10.0 Å². The molecule has 1 aromatic carbocycles. The Labute approximate surface area is 116 Å². The van der Waals surface area contributed by atoms with E-state index >= 15 is 0 Å². The zero-order valence-electron chi connectivity index (χ0n) is 12.3. The lowest BCUT2D eigenvalue weighted by Crippen LogP contribution is -2.25. The zero-order chi connectivity index (χ0) is 14.3. The van der Waals surface area contributed by atoms with Crippen LogP contribution in [0.5, 0.6) is 0 Å². The Morgan fingerprint density at radius 1 is 1.16 bits per heavy atom. The van der Waals surface area contributed by atoms with Crippen molar-refractivity contribution in [2.24, 2.45) is 0 Å². The monoisotopic (exact) mass is 263 g/mol. The minimum absolute atomic E-state index is 0.287. The average molecular weight is 263 g/mol. The number of benzene rings is 1. The lowest BCUT2D eigenvalue weighted by atomic mass is 10.1. The van der Waals surface area contributed by atoms with Crippen LogP contribution >= 0.6 is 0 Å². The summed E-state index contributed by atoms with van der Waals surface area (Å²) in [5, 5.41) is 8.61. The number of hydrogen-bond donors (Lipinski definition) is 1. The van der Waals surface area contributed by atoms with Crippen LogP contribution in [-0.4, -0.2) is 24.2 Å². The van der Waals surface area contributed by atoms with Crippen molar-refractivity contribution in [1.29, 1.82) is 0 Å². The molecule has 0 aliphatic heterocycles. The second-order valence-electron chi connectivity index (χ2n) is 5.02. The second kappa shape index (κ2) is 7.82. The van der Waals surface area contributed by atoms with Crippen LogP contribution in [0.15, 0.2) is 18.2 Å². The van der Waals surface area contributed by atoms with Crippen LogP contribution in [0.2, 0.25) is 0 Å². The fourth-order valence-electron chi connectivity index (χ4n) is 2.49. The van der Waals surface area contributed by atoms with Gasteiger partial charge in [-0.3, -0.25) is 4.79 Å². The molecule has 19 heavy (non-hydrogen) atoms. The molecule has 0 spiro atoms. The lowest BCUT2D eigenvalue weighted by Gasteiger charge is -2.26. The molecule has 1 rings (SSSR count). The van der Waals surface area contributed by atoms with E-state index in [0.717, 1.165) is 32.4 Å². The summed E-state index contributed by atoms with van der Waals surface area (Å²) in [5.74, 6) is -0.693. The summed E-state index contributed by atoms with van der Waals surface area (Å²) in [5.41, 5.74) is 3.96. The van der Waals surface area contributed by atoms with E-state index in [4.69, 9.17) is 5.11 Å². The molecule has 0 aliphatic carbocycles. The number of carboxylic acid groups (broad SMARTS) is 1. The molecule has 0 saturated heterocycles. The molecule has 0 atom stereocenters. The first kappa shape index (κ1) is 15.5. The highest BCUT2D eigenvalue weighted by molar-refractivity contribution is 5.66. The highest BCUT2D eigenvalue weighted by Crippen LogP contribution is 2.24. The largest absolute Gasteiger partial charge is 0.481 e. The topological polar surface area (TPSA) is 40.5 Å². The van der Waals surface area contributed by atoms with Crippen LogP contribution < -0.4 is 4.90 Å². The van der Waals surface area contributed by atoms with Crippen LogP contribution in [0.1, 0.15) is 43.7 Å². The van der Waals surface area contributed by atoms with Crippen molar-refractivity contribution in [3.8, 4) is 0 Å². The Morgan fingerprint density at radius 3 is 2.32 bits per heavy atom. The van der Waals surface area contributed by atoms with Gasteiger partial charge in [0.2, 0.25) is 0 Å². The van der Waals surface area contributed by atoms with Gasteiger partial charge in [-0.15, -0.1) is 0 Å². The van der Waals surface area contributed by atoms with Crippen molar-refractivity contribution in [1.82, 2.24) is 0 Å². The number of carboxylic acids is 1. The Hall–Kier alpha value is -1.51. The maximum absolute atomic E-state index is 10.5. The Balaban J connectivity index is 2.52. The van der Waals surface area contributed by atoms with Crippen molar-refractivity contribution < 1.29 is 9.90 Å². The third-order valence-electron chi connectivity index (χ3n) is 3.46. The fraction of sp³-hybridized carbons (Fsp3) is 0.562. The molecule has 0 aliphatic rings. The number of anilines is 1. The number of nitrogens with zero attached hydrogens (tertiary/aromatic N) is 1. The van der Waals surface area contributed by atoms with Crippen LogP contribution in [0, 0.1) is 13.8 Å². The van der Waals surface area contributed by atoms with E-state index < -0.39 is 5.97 Å². The van der Waals surface area contributed by atoms with Crippen molar-refractivity contribution in [2.45, 2.75) is 46.5 Å².